The molecule has 0 spiro atoms. The lowest BCUT2D eigenvalue weighted by Gasteiger charge is -2.31. The Kier molecular flexibility index (Phi) is 4.19. The van der Waals surface area contributed by atoms with Gasteiger partial charge in [-0.2, -0.15) is 0 Å². The van der Waals surface area contributed by atoms with Crippen molar-refractivity contribution in [3.63, 3.8) is 0 Å². The Bertz CT molecular complexity index is 369. The molecular weight excluding hydrogens is 208 g/mol. The van der Waals surface area contributed by atoms with Crippen LogP contribution in [0.5, 0.6) is 0 Å². The van der Waals surface area contributed by atoms with Gasteiger partial charge in [-0.05, 0) is 43.1 Å². The van der Waals surface area contributed by atoms with Gasteiger partial charge < -0.3 is 10.2 Å². The van der Waals surface area contributed by atoms with Gasteiger partial charge in [-0.1, -0.05) is 32.0 Å². The maximum atomic E-state index is 3.67. The molecule has 17 heavy (non-hydrogen) atoms. The van der Waals surface area contributed by atoms with Crippen LogP contribution in [0, 0.1) is 6.92 Å². The second kappa shape index (κ2) is 5.65. The van der Waals surface area contributed by atoms with Gasteiger partial charge in [0, 0.05) is 19.1 Å². The standard InChI is InChI=1S/C15H24N2/c1-4-17(5-2)11-14-9-13-8-6-7-12(3)15(13)10-16-14/h6-8,14,16H,4-5,9-11H2,1-3H3. The van der Waals surface area contributed by atoms with Crippen LogP contribution >= 0.6 is 0 Å². The molecule has 1 aromatic carbocycles. The number of hydrogen-bond acceptors (Lipinski definition) is 2. The largest absolute Gasteiger partial charge is 0.308 e. The highest BCUT2D eigenvalue weighted by molar-refractivity contribution is 5.36. The predicted molar refractivity (Wildman–Crippen MR) is 73.3 cm³/mol. The van der Waals surface area contributed by atoms with Gasteiger partial charge in [-0.25, -0.2) is 0 Å². The summed E-state index contributed by atoms with van der Waals surface area (Å²) in [7, 11) is 0. The van der Waals surface area contributed by atoms with E-state index in [4.69, 9.17) is 0 Å². The van der Waals surface area contributed by atoms with Crippen LogP contribution in [0.4, 0.5) is 0 Å². The average Bonchev–Trinajstić information content (AvgIpc) is 2.36. The van der Waals surface area contributed by atoms with Gasteiger partial charge in [-0.15, -0.1) is 0 Å². The van der Waals surface area contributed by atoms with Crippen molar-refractivity contribution < 1.29 is 0 Å². The summed E-state index contributed by atoms with van der Waals surface area (Å²) < 4.78 is 0. The Labute approximate surface area is 105 Å². The molecule has 0 radical (unpaired) electrons. The second-order valence-corrected chi connectivity index (χ2v) is 4.98. The number of aryl methyl sites for hydroxylation is 1. The molecular formula is C15H24N2. The van der Waals surface area contributed by atoms with E-state index in [9.17, 15) is 0 Å². The summed E-state index contributed by atoms with van der Waals surface area (Å²) in [5.74, 6) is 0. The molecule has 1 unspecified atom stereocenters. The van der Waals surface area contributed by atoms with Crippen LogP contribution in [0.3, 0.4) is 0 Å². The van der Waals surface area contributed by atoms with E-state index in [1.165, 1.54) is 24.1 Å². The van der Waals surface area contributed by atoms with Crippen LogP contribution in [0.1, 0.15) is 30.5 Å². The van der Waals surface area contributed by atoms with Gasteiger partial charge in [0.2, 0.25) is 0 Å². The lowest BCUT2D eigenvalue weighted by Crippen LogP contribution is -2.44. The number of likely N-dealkylation sites (N-methyl/N-ethyl adjacent to an activating group) is 1. The van der Waals surface area contributed by atoms with Crippen molar-refractivity contribution in [2.75, 3.05) is 19.6 Å². The number of nitrogens with zero attached hydrogens (tertiary/aromatic N) is 1. The quantitative estimate of drug-likeness (QED) is 0.857. The van der Waals surface area contributed by atoms with E-state index in [-0.39, 0.29) is 0 Å². The van der Waals surface area contributed by atoms with Crippen molar-refractivity contribution in [2.24, 2.45) is 0 Å². The fourth-order valence-corrected chi connectivity index (χ4v) is 2.71. The third-order valence-corrected chi connectivity index (χ3v) is 3.91. The summed E-state index contributed by atoms with van der Waals surface area (Å²) >= 11 is 0. The SMILES string of the molecule is CCN(CC)CC1Cc2cccc(C)c2CN1. The maximum Gasteiger partial charge on any atom is 0.0238 e. The Balaban J connectivity index is 2.03. The van der Waals surface area contributed by atoms with Crippen molar-refractivity contribution >= 4 is 0 Å². The zero-order valence-electron chi connectivity index (χ0n) is 11.3. The first-order valence-corrected chi connectivity index (χ1v) is 6.77. The van der Waals surface area contributed by atoms with Crippen molar-refractivity contribution in [1.29, 1.82) is 0 Å². The highest BCUT2D eigenvalue weighted by atomic mass is 15.1. The predicted octanol–water partition coefficient (Wildman–Crippen LogP) is 2.35. The molecule has 1 aliphatic rings. The van der Waals surface area contributed by atoms with Gasteiger partial charge in [0.1, 0.15) is 0 Å². The van der Waals surface area contributed by atoms with Crippen LogP contribution in [0.15, 0.2) is 18.2 Å². The van der Waals surface area contributed by atoms with Crippen molar-refractivity contribution in [2.45, 2.75) is 39.8 Å². The first kappa shape index (κ1) is 12.6. The van der Waals surface area contributed by atoms with E-state index in [0.717, 1.165) is 19.6 Å². The molecule has 0 aromatic heterocycles. The van der Waals surface area contributed by atoms with Gasteiger partial charge >= 0.3 is 0 Å². The topological polar surface area (TPSA) is 15.3 Å². The van der Waals surface area contributed by atoms with Crippen LogP contribution in [0.2, 0.25) is 0 Å². The molecule has 0 saturated carbocycles. The summed E-state index contributed by atoms with van der Waals surface area (Å²) in [6, 6.07) is 7.31. The number of rotatable bonds is 4. The maximum absolute atomic E-state index is 3.67. The van der Waals surface area contributed by atoms with Crippen LogP contribution in [0.25, 0.3) is 0 Å². The molecule has 94 valence electrons. The average molecular weight is 232 g/mol. The number of hydrogen-bond donors (Lipinski definition) is 1. The zero-order valence-corrected chi connectivity index (χ0v) is 11.3. The number of nitrogens with one attached hydrogen (secondary N) is 1. The number of benzene rings is 1. The summed E-state index contributed by atoms with van der Waals surface area (Å²) in [5.41, 5.74) is 4.49. The van der Waals surface area contributed by atoms with E-state index in [1.54, 1.807) is 5.56 Å². The molecule has 1 heterocycles. The summed E-state index contributed by atoms with van der Waals surface area (Å²) in [4.78, 5) is 2.50. The highest BCUT2D eigenvalue weighted by Gasteiger charge is 2.20. The number of fused-ring (bicyclic) bond motifs is 1. The molecule has 1 aromatic rings. The van der Waals surface area contributed by atoms with E-state index >= 15 is 0 Å². The third-order valence-electron chi connectivity index (χ3n) is 3.91. The lowest BCUT2D eigenvalue weighted by molar-refractivity contribution is 0.257. The monoisotopic (exact) mass is 232 g/mol. The van der Waals surface area contributed by atoms with E-state index < -0.39 is 0 Å². The Hall–Kier alpha value is -0.860. The highest BCUT2D eigenvalue weighted by Crippen LogP contribution is 2.20. The lowest BCUT2D eigenvalue weighted by atomic mass is 9.92. The molecule has 2 heteroatoms. The summed E-state index contributed by atoms with van der Waals surface area (Å²) in [6.45, 7) is 11.2. The minimum absolute atomic E-state index is 0.615. The third kappa shape index (κ3) is 2.88. The van der Waals surface area contributed by atoms with Crippen molar-refractivity contribution in [1.82, 2.24) is 10.2 Å². The molecule has 2 rings (SSSR count). The normalized spacial score (nSPS) is 19.4. The fraction of sp³-hybridized carbons (Fsp3) is 0.600. The van der Waals surface area contributed by atoms with Gasteiger partial charge in [0.15, 0.2) is 0 Å². The Morgan fingerprint density at radius 1 is 1.29 bits per heavy atom. The summed E-state index contributed by atoms with van der Waals surface area (Å²) in [5, 5.41) is 3.67. The minimum atomic E-state index is 0.615. The molecule has 2 nitrogen and oxygen atoms in total. The Morgan fingerprint density at radius 3 is 2.76 bits per heavy atom. The van der Waals surface area contributed by atoms with Gasteiger partial charge in [-0.3, -0.25) is 0 Å². The molecule has 1 aliphatic heterocycles. The first-order chi connectivity index (χ1) is 8.24. The summed E-state index contributed by atoms with van der Waals surface area (Å²) in [6.07, 6.45) is 1.17. The molecule has 0 fully saturated rings. The molecule has 0 aliphatic carbocycles. The Morgan fingerprint density at radius 2 is 2.06 bits per heavy atom. The second-order valence-electron chi connectivity index (χ2n) is 4.98. The minimum Gasteiger partial charge on any atom is -0.308 e. The van der Waals surface area contributed by atoms with Crippen molar-refractivity contribution in [3.05, 3.63) is 34.9 Å². The molecule has 1 atom stereocenters. The van der Waals surface area contributed by atoms with Crippen LogP contribution < -0.4 is 5.32 Å². The molecule has 1 N–H and O–H groups in total. The van der Waals surface area contributed by atoms with E-state index in [2.05, 4.69) is 49.2 Å². The first-order valence-electron chi connectivity index (χ1n) is 6.77. The van der Waals surface area contributed by atoms with Crippen molar-refractivity contribution in [3.8, 4) is 0 Å². The molecule has 0 saturated heterocycles. The molecule has 0 bridgehead atoms. The van der Waals surface area contributed by atoms with Gasteiger partial charge in [0.25, 0.3) is 0 Å². The van der Waals surface area contributed by atoms with Gasteiger partial charge in [0.05, 0.1) is 0 Å². The molecule has 0 amide bonds. The smallest absolute Gasteiger partial charge is 0.0238 e. The van der Waals surface area contributed by atoms with E-state index in [0.29, 0.717) is 6.04 Å². The zero-order chi connectivity index (χ0) is 12.3. The fourth-order valence-electron chi connectivity index (χ4n) is 2.71. The van der Waals surface area contributed by atoms with E-state index in [1.807, 2.05) is 0 Å². The van der Waals surface area contributed by atoms with Crippen LogP contribution in [-0.2, 0) is 13.0 Å². The van der Waals surface area contributed by atoms with Crippen LogP contribution in [-0.4, -0.2) is 30.6 Å².